The van der Waals surface area contributed by atoms with Crippen molar-refractivity contribution in [3.8, 4) is 16.4 Å². The Bertz CT molecular complexity index is 793. The lowest BCUT2D eigenvalue weighted by Gasteiger charge is -2.03. The first-order valence-electron chi connectivity index (χ1n) is 5.09. The van der Waals surface area contributed by atoms with Gasteiger partial charge in [-0.05, 0) is 22.4 Å². The molecule has 0 radical (unpaired) electrons. The third-order valence-corrected chi connectivity index (χ3v) is 3.60. The number of nitrogens with zero attached hydrogens (tertiary/aromatic N) is 5. The molecule has 3 aromatic rings. The van der Waals surface area contributed by atoms with Crippen molar-refractivity contribution in [2.75, 3.05) is 5.73 Å². The number of carbonyl (C=O) groups is 1. The number of carboxylic acids is 1. The van der Waals surface area contributed by atoms with Gasteiger partial charge in [0.15, 0.2) is 0 Å². The van der Waals surface area contributed by atoms with E-state index < -0.39 is 5.97 Å². The largest absolute Gasteiger partial charge is 0.543 e. The van der Waals surface area contributed by atoms with Gasteiger partial charge in [-0.25, -0.2) is 4.63 Å². The summed E-state index contributed by atoms with van der Waals surface area (Å²) in [6.07, 6.45) is 0. The molecule has 0 bridgehead atoms. The maximum atomic E-state index is 11.1. The lowest BCUT2D eigenvalue weighted by Crippen LogP contribution is -2.23. The molecule has 0 spiro atoms. The lowest BCUT2D eigenvalue weighted by molar-refractivity contribution is -0.255. The highest BCUT2D eigenvalue weighted by Crippen LogP contribution is 2.33. The fourth-order valence-corrected chi connectivity index (χ4v) is 2.64. The smallest absolute Gasteiger partial charge is 0.244 e. The minimum atomic E-state index is -1.48. The van der Waals surface area contributed by atoms with E-state index in [4.69, 9.17) is 17.3 Å². The van der Waals surface area contributed by atoms with Crippen LogP contribution in [0.4, 0.5) is 5.82 Å². The molecule has 102 valence electrons. The van der Waals surface area contributed by atoms with Crippen LogP contribution in [0.15, 0.2) is 16.8 Å². The second kappa shape index (κ2) is 4.58. The molecule has 0 aliphatic heterocycles. The molecule has 0 fully saturated rings. The van der Waals surface area contributed by atoms with Gasteiger partial charge in [-0.3, -0.25) is 0 Å². The maximum Gasteiger partial charge on any atom is 0.244 e. The molecule has 3 rings (SSSR count). The average molecular weight is 312 g/mol. The quantitative estimate of drug-likeness (QED) is 0.712. The molecule has 2 N–H and O–H groups in total. The van der Waals surface area contributed by atoms with Crippen LogP contribution in [-0.2, 0) is 0 Å². The van der Waals surface area contributed by atoms with Crippen molar-refractivity contribution < 1.29 is 14.5 Å². The van der Waals surface area contributed by atoms with Gasteiger partial charge in [0.05, 0.1) is 15.2 Å². The van der Waals surface area contributed by atoms with E-state index in [0.29, 0.717) is 9.21 Å². The molecular formula is C9H4ClN6O3S-. The fraction of sp³-hybridized carbons (Fsp3) is 0. The SMILES string of the molecule is Nc1nonc1-n1nnc(C(=O)[O-])c1-c1ccc(Cl)s1. The van der Waals surface area contributed by atoms with E-state index in [0.717, 1.165) is 16.0 Å². The number of carboxylic acid groups (broad SMARTS) is 1. The predicted molar refractivity (Wildman–Crippen MR) is 66.3 cm³/mol. The molecule has 9 nitrogen and oxygen atoms in total. The number of thiophene rings is 1. The van der Waals surface area contributed by atoms with Crippen LogP contribution < -0.4 is 10.8 Å². The number of aromatic nitrogens is 5. The molecule has 3 heterocycles. The van der Waals surface area contributed by atoms with Crippen molar-refractivity contribution in [1.29, 1.82) is 0 Å². The third kappa shape index (κ3) is 1.90. The zero-order valence-electron chi connectivity index (χ0n) is 9.48. The third-order valence-electron chi connectivity index (χ3n) is 2.37. The Kier molecular flexibility index (Phi) is 2.88. The van der Waals surface area contributed by atoms with Gasteiger partial charge < -0.3 is 15.6 Å². The molecule has 3 aromatic heterocycles. The van der Waals surface area contributed by atoms with E-state index in [2.05, 4.69) is 25.3 Å². The van der Waals surface area contributed by atoms with E-state index in [9.17, 15) is 9.90 Å². The summed E-state index contributed by atoms with van der Waals surface area (Å²) in [5, 5.41) is 25.3. The van der Waals surface area contributed by atoms with Crippen molar-refractivity contribution in [2.24, 2.45) is 0 Å². The fourth-order valence-electron chi connectivity index (χ4n) is 1.57. The molecule has 0 saturated carbocycles. The summed E-state index contributed by atoms with van der Waals surface area (Å²) in [7, 11) is 0. The van der Waals surface area contributed by atoms with Gasteiger partial charge in [-0.2, -0.15) is 4.68 Å². The van der Waals surface area contributed by atoms with Gasteiger partial charge >= 0.3 is 0 Å². The van der Waals surface area contributed by atoms with Gasteiger partial charge in [0.25, 0.3) is 0 Å². The second-order valence-electron chi connectivity index (χ2n) is 3.56. The molecule has 0 amide bonds. The summed E-state index contributed by atoms with van der Waals surface area (Å²) >= 11 is 7.00. The van der Waals surface area contributed by atoms with Gasteiger partial charge in [0.2, 0.25) is 11.6 Å². The minimum Gasteiger partial charge on any atom is -0.543 e. The minimum absolute atomic E-state index is 0.0320. The normalized spacial score (nSPS) is 10.8. The van der Waals surface area contributed by atoms with Crippen LogP contribution in [0, 0.1) is 0 Å². The van der Waals surface area contributed by atoms with Crippen molar-refractivity contribution >= 4 is 34.7 Å². The topological polar surface area (TPSA) is 136 Å². The number of hydrogen-bond acceptors (Lipinski definition) is 9. The number of halogens is 1. The molecule has 0 aromatic carbocycles. The highest BCUT2D eigenvalue weighted by atomic mass is 35.5. The number of anilines is 1. The predicted octanol–water partition coefficient (Wildman–Crippen LogP) is -0.0221. The summed E-state index contributed by atoms with van der Waals surface area (Å²) < 4.78 is 6.05. The van der Waals surface area contributed by atoms with Crippen molar-refractivity contribution in [3.63, 3.8) is 0 Å². The van der Waals surface area contributed by atoms with E-state index in [1.54, 1.807) is 12.1 Å². The Morgan fingerprint density at radius 1 is 1.45 bits per heavy atom. The van der Waals surface area contributed by atoms with Crippen molar-refractivity contribution in [1.82, 2.24) is 25.3 Å². The Morgan fingerprint density at radius 2 is 2.25 bits per heavy atom. The number of carbonyl (C=O) groups excluding carboxylic acids is 1. The standard InChI is InChI=1S/C9H5ClN6O3S/c10-4-2-1-3(20-4)6-5(9(17)18)12-15-16(6)8-7(11)13-19-14-8/h1-2H,(H2,11,13)(H,17,18)/p-1. The average Bonchev–Trinajstić information content (AvgIpc) is 3.07. The molecule has 0 unspecified atom stereocenters. The van der Waals surface area contributed by atoms with Crippen LogP contribution in [0.1, 0.15) is 10.5 Å². The Hall–Kier alpha value is -2.46. The summed E-state index contributed by atoms with van der Waals surface area (Å²) in [6.45, 7) is 0. The summed E-state index contributed by atoms with van der Waals surface area (Å²) in [6, 6.07) is 3.24. The number of hydrogen-bond donors (Lipinski definition) is 1. The van der Waals surface area contributed by atoms with Crippen molar-refractivity contribution in [3.05, 3.63) is 22.2 Å². The molecule has 11 heteroatoms. The van der Waals surface area contributed by atoms with Crippen LogP contribution in [-0.4, -0.2) is 31.3 Å². The highest BCUT2D eigenvalue weighted by Gasteiger charge is 2.22. The van der Waals surface area contributed by atoms with E-state index in [-0.39, 0.29) is 23.0 Å². The molecule has 0 aliphatic carbocycles. The maximum absolute atomic E-state index is 11.1. The zero-order valence-corrected chi connectivity index (χ0v) is 11.1. The molecule has 20 heavy (non-hydrogen) atoms. The van der Waals surface area contributed by atoms with E-state index in [1.807, 2.05) is 0 Å². The number of rotatable bonds is 3. The molecule has 0 aliphatic rings. The molecular weight excluding hydrogens is 308 g/mol. The van der Waals surface area contributed by atoms with Gasteiger partial charge in [-0.1, -0.05) is 16.8 Å². The van der Waals surface area contributed by atoms with Crippen molar-refractivity contribution in [2.45, 2.75) is 0 Å². The first-order valence-corrected chi connectivity index (χ1v) is 6.28. The summed E-state index contributed by atoms with van der Waals surface area (Å²) in [4.78, 5) is 11.6. The number of aromatic carboxylic acids is 1. The molecule has 0 atom stereocenters. The summed E-state index contributed by atoms with van der Waals surface area (Å²) in [5.74, 6) is -1.50. The monoisotopic (exact) mass is 311 g/mol. The first-order chi connectivity index (χ1) is 9.58. The van der Waals surface area contributed by atoms with Gasteiger partial charge in [0.1, 0.15) is 11.4 Å². The molecule has 0 saturated heterocycles. The Morgan fingerprint density at radius 3 is 2.80 bits per heavy atom. The summed E-state index contributed by atoms with van der Waals surface area (Å²) in [5.41, 5.74) is 5.36. The van der Waals surface area contributed by atoms with Crippen LogP contribution in [0.5, 0.6) is 0 Å². The first kappa shape index (κ1) is 12.6. The Balaban J connectivity index is 2.27. The van der Waals surface area contributed by atoms with Crippen LogP contribution in [0.3, 0.4) is 0 Å². The van der Waals surface area contributed by atoms with Crippen LogP contribution >= 0.6 is 22.9 Å². The van der Waals surface area contributed by atoms with E-state index in [1.165, 1.54) is 0 Å². The van der Waals surface area contributed by atoms with E-state index >= 15 is 0 Å². The highest BCUT2D eigenvalue weighted by molar-refractivity contribution is 7.19. The lowest BCUT2D eigenvalue weighted by atomic mass is 10.2. The van der Waals surface area contributed by atoms with Gasteiger partial charge in [-0.15, -0.1) is 16.4 Å². The van der Waals surface area contributed by atoms with Crippen LogP contribution in [0.25, 0.3) is 16.4 Å². The Labute approximate surface area is 119 Å². The zero-order chi connectivity index (χ0) is 14.3. The second-order valence-corrected chi connectivity index (χ2v) is 5.28. The van der Waals surface area contributed by atoms with Gasteiger partial charge in [0, 0.05) is 0 Å². The number of nitrogen functional groups attached to an aromatic ring is 1. The number of nitrogens with two attached hydrogens (primary N) is 1. The van der Waals surface area contributed by atoms with Crippen LogP contribution in [0.2, 0.25) is 4.34 Å².